The minimum Gasteiger partial charge on any atom is -0.302 e. The molecule has 0 aromatic heterocycles. The fraction of sp³-hybridized carbons (Fsp3) is 1.00. The number of alkyl halides is 2. The molecule has 4 heteroatoms. The summed E-state index contributed by atoms with van der Waals surface area (Å²) in [5.74, 6) is 0. The molecule has 1 unspecified atom stereocenters. The Morgan fingerprint density at radius 2 is 2.08 bits per heavy atom. The molecule has 76 valence electrons. The van der Waals surface area contributed by atoms with Gasteiger partial charge in [0.05, 0.1) is 6.17 Å². The van der Waals surface area contributed by atoms with Crippen LogP contribution in [0.25, 0.3) is 0 Å². The van der Waals surface area contributed by atoms with Gasteiger partial charge in [-0.25, -0.2) is 4.90 Å². The fourth-order valence-corrected chi connectivity index (χ4v) is 2.25. The van der Waals surface area contributed by atoms with Gasteiger partial charge < -0.3 is 5.32 Å². The quantitative estimate of drug-likeness (QED) is 0.634. The SMILES string of the molecule is FC1(F)CCCN1C1CCCCN1. The standard InChI is InChI=1S/C9H16F2N2/c10-9(11)5-3-7-13(9)8-4-1-2-6-12-8/h8,12H,1-7H2. The van der Waals surface area contributed by atoms with Crippen LogP contribution in [0.4, 0.5) is 8.78 Å². The molecule has 1 atom stereocenters. The summed E-state index contributed by atoms with van der Waals surface area (Å²) in [6.45, 7) is 1.43. The lowest BCUT2D eigenvalue weighted by Crippen LogP contribution is -2.52. The second-order valence-corrected chi connectivity index (χ2v) is 3.93. The summed E-state index contributed by atoms with van der Waals surface area (Å²) in [6, 6.07) is -2.56. The molecule has 0 aliphatic carbocycles. The number of nitrogens with one attached hydrogen (secondary N) is 1. The topological polar surface area (TPSA) is 15.3 Å². The second kappa shape index (κ2) is 3.50. The lowest BCUT2D eigenvalue weighted by molar-refractivity contribution is -0.145. The molecule has 2 nitrogen and oxygen atoms in total. The zero-order chi connectivity index (χ0) is 9.31. The van der Waals surface area contributed by atoms with Gasteiger partial charge in [0.15, 0.2) is 0 Å². The van der Waals surface area contributed by atoms with Gasteiger partial charge in [-0.2, -0.15) is 8.78 Å². The lowest BCUT2D eigenvalue weighted by atomic mass is 10.1. The van der Waals surface area contributed by atoms with Crippen molar-refractivity contribution in [3.8, 4) is 0 Å². The maximum absolute atomic E-state index is 13.3. The van der Waals surface area contributed by atoms with Crippen LogP contribution in [0.3, 0.4) is 0 Å². The first-order chi connectivity index (χ1) is 6.20. The van der Waals surface area contributed by atoms with Crippen molar-refractivity contribution in [3.63, 3.8) is 0 Å². The van der Waals surface area contributed by atoms with Crippen molar-refractivity contribution in [1.29, 1.82) is 0 Å². The molecule has 0 radical (unpaired) electrons. The van der Waals surface area contributed by atoms with Crippen molar-refractivity contribution in [2.75, 3.05) is 13.1 Å². The van der Waals surface area contributed by atoms with Gasteiger partial charge in [0.2, 0.25) is 0 Å². The fourth-order valence-electron chi connectivity index (χ4n) is 2.25. The molecule has 2 heterocycles. The highest BCUT2D eigenvalue weighted by Crippen LogP contribution is 2.34. The molecule has 2 aliphatic rings. The zero-order valence-electron chi connectivity index (χ0n) is 7.73. The van der Waals surface area contributed by atoms with E-state index in [1.165, 1.54) is 4.90 Å². The molecule has 2 aliphatic heterocycles. The van der Waals surface area contributed by atoms with E-state index >= 15 is 0 Å². The highest BCUT2D eigenvalue weighted by molar-refractivity contribution is 4.84. The molecule has 2 fully saturated rings. The Labute approximate surface area is 77.3 Å². The van der Waals surface area contributed by atoms with Crippen LogP contribution >= 0.6 is 0 Å². The molecule has 0 saturated carbocycles. The van der Waals surface area contributed by atoms with Crippen LogP contribution in [-0.4, -0.2) is 30.2 Å². The molecule has 0 aromatic carbocycles. The maximum atomic E-state index is 13.3. The van der Waals surface area contributed by atoms with E-state index in [2.05, 4.69) is 5.32 Å². The first-order valence-corrected chi connectivity index (χ1v) is 5.08. The molecule has 2 rings (SSSR count). The number of piperidine rings is 1. The van der Waals surface area contributed by atoms with Crippen LogP contribution in [0.2, 0.25) is 0 Å². The third-order valence-electron chi connectivity index (χ3n) is 2.96. The van der Waals surface area contributed by atoms with Crippen LogP contribution in [-0.2, 0) is 0 Å². The zero-order valence-corrected chi connectivity index (χ0v) is 7.73. The van der Waals surface area contributed by atoms with Gasteiger partial charge in [-0.3, -0.25) is 0 Å². The highest BCUT2D eigenvalue weighted by Gasteiger charge is 2.45. The number of hydrogen-bond acceptors (Lipinski definition) is 2. The van der Waals surface area contributed by atoms with E-state index in [0.29, 0.717) is 13.0 Å². The number of rotatable bonds is 1. The summed E-state index contributed by atoms with van der Waals surface area (Å²) >= 11 is 0. The second-order valence-electron chi connectivity index (χ2n) is 3.93. The van der Waals surface area contributed by atoms with Crippen molar-refractivity contribution in [1.82, 2.24) is 10.2 Å². The third-order valence-corrected chi connectivity index (χ3v) is 2.96. The van der Waals surface area contributed by atoms with E-state index in [9.17, 15) is 8.78 Å². The minimum atomic E-state index is -2.56. The molecule has 0 aromatic rings. The molecule has 13 heavy (non-hydrogen) atoms. The average molecular weight is 190 g/mol. The van der Waals surface area contributed by atoms with Gasteiger partial charge in [-0.1, -0.05) is 0 Å². The minimum absolute atomic E-state index is 0.0329. The van der Waals surface area contributed by atoms with Gasteiger partial charge in [0.1, 0.15) is 0 Å². The van der Waals surface area contributed by atoms with Gasteiger partial charge in [-0.15, -0.1) is 0 Å². The van der Waals surface area contributed by atoms with Crippen LogP contribution in [0.1, 0.15) is 32.1 Å². The predicted molar refractivity (Wildman–Crippen MR) is 46.5 cm³/mol. The van der Waals surface area contributed by atoms with Crippen LogP contribution in [0.5, 0.6) is 0 Å². The van der Waals surface area contributed by atoms with Gasteiger partial charge >= 0.3 is 6.05 Å². The van der Waals surface area contributed by atoms with Gasteiger partial charge in [0, 0.05) is 13.0 Å². The molecule has 0 amide bonds. The average Bonchev–Trinajstić information content (AvgIpc) is 2.47. The van der Waals surface area contributed by atoms with Crippen molar-refractivity contribution in [2.24, 2.45) is 0 Å². The lowest BCUT2D eigenvalue weighted by Gasteiger charge is -2.35. The summed E-state index contributed by atoms with van der Waals surface area (Å²) in [7, 11) is 0. The molecule has 1 N–H and O–H groups in total. The number of hydrogen-bond donors (Lipinski definition) is 1. The summed E-state index contributed by atoms with van der Waals surface area (Å²) in [5, 5.41) is 3.16. The molecule has 0 bridgehead atoms. The summed E-state index contributed by atoms with van der Waals surface area (Å²) in [6.07, 6.45) is 3.65. The number of nitrogens with zero attached hydrogens (tertiary/aromatic N) is 1. The van der Waals surface area contributed by atoms with Gasteiger partial charge in [0.25, 0.3) is 0 Å². The van der Waals surface area contributed by atoms with E-state index in [0.717, 1.165) is 25.8 Å². The van der Waals surface area contributed by atoms with E-state index in [4.69, 9.17) is 0 Å². The van der Waals surface area contributed by atoms with E-state index in [1.807, 2.05) is 0 Å². The highest BCUT2D eigenvalue weighted by atomic mass is 19.3. The smallest absolute Gasteiger partial charge is 0.302 e. The summed E-state index contributed by atoms with van der Waals surface area (Å²) in [4.78, 5) is 1.34. The molecular formula is C9H16F2N2. The predicted octanol–water partition coefficient (Wildman–Crippen LogP) is 1.77. The Bertz CT molecular complexity index is 178. The summed E-state index contributed by atoms with van der Waals surface area (Å²) in [5.41, 5.74) is 0. The van der Waals surface area contributed by atoms with Crippen molar-refractivity contribution >= 4 is 0 Å². The Hall–Kier alpha value is -0.220. The van der Waals surface area contributed by atoms with Crippen LogP contribution < -0.4 is 5.32 Å². The maximum Gasteiger partial charge on any atom is 0.306 e. The van der Waals surface area contributed by atoms with Gasteiger partial charge in [-0.05, 0) is 32.2 Å². The molecule has 0 spiro atoms. The van der Waals surface area contributed by atoms with E-state index < -0.39 is 6.05 Å². The first kappa shape index (κ1) is 9.34. The largest absolute Gasteiger partial charge is 0.306 e. The number of halogens is 2. The third kappa shape index (κ3) is 1.83. The Morgan fingerprint density at radius 3 is 2.62 bits per heavy atom. The van der Waals surface area contributed by atoms with E-state index in [1.54, 1.807) is 0 Å². The van der Waals surface area contributed by atoms with Crippen LogP contribution in [0, 0.1) is 0 Å². The molecular weight excluding hydrogens is 174 g/mol. The molecule has 2 saturated heterocycles. The van der Waals surface area contributed by atoms with E-state index in [-0.39, 0.29) is 12.6 Å². The van der Waals surface area contributed by atoms with Crippen molar-refractivity contribution in [3.05, 3.63) is 0 Å². The Morgan fingerprint density at radius 1 is 1.23 bits per heavy atom. The first-order valence-electron chi connectivity index (χ1n) is 5.08. The number of likely N-dealkylation sites (tertiary alicyclic amines) is 1. The normalized spacial score (nSPS) is 35.1. The Balaban J connectivity index is 1.98. The Kier molecular flexibility index (Phi) is 2.51. The van der Waals surface area contributed by atoms with Crippen molar-refractivity contribution < 1.29 is 8.78 Å². The monoisotopic (exact) mass is 190 g/mol. The summed E-state index contributed by atoms with van der Waals surface area (Å²) < 4.78 is 26.6. The van der Waals surface area contributed by atoms with Crippen LogP contribution in [0.15, 0.2) is 0 Å². The van der Waals surface area contributed by atoms with Crippen molar-refractivity contribution in [2.45, 2.75) is 44.3 Å².